The highest BCUT2D eigenvalue weighted by molar-refractivity contribution is 7.12. The van der Waals surface area contributed by atoms with E-state index >= 15 is 0 Å². The van der Waals surface area contributed by atoms with Crippen LogP contribution < -0.4 is 5.32 Å². The summed E-state index contributed by atoms with van der Waals surface area (Å²) in [7, 11) is 3.99. The fourth-order valence-electron chi connectivity index (χ4n) is 1.86. The smallest absolute Gasteiger partial charge is 0.261 e. The Kier molecular flexibility index (Phi) is 4.65. The highest BCUT2D eigenvalue weighted by Gasteiger charge is 2.16. The summed E-state index contributed by atoms with van der Waals surface area (Å²) in [6, 6.07) is 7.76. The highest BCUT2D eigenvalue weighted by atomic mass is 32.1. The van der Waals surface area contributed by atoms with Gasteiger partial charge >= 0.3 is 0 Å². The van der Waals surface area contributed by atoms with Gasteiger partial charge in [0.25, 0.3) is 5.91 Å². The molecule has 0 unspecified atom stereocenters. The van der Waals surface area contributed by atoms with Crippen molar-refractivity contribution in [1.82, 2.24) is 15.2 Å². The molecule has 1 amide bonds. The molecular weight excluding hydrogens is 258 g/mol. The monoisotopic (exact) mass is 275 g/mol. The van der Waals surface area contributed by atoms with Crippen LogP contribution >= 0.6 is 11.3 Å². The van der Waals surface area contributed by atoms with E-state index in [9.17, 15) is 4.79 Å². The Morgan fingerprint density at radius 3 is 2.84 bits per heavy atom. The van der Waals surface area contributed by atoms with Crippen LogP contribution in [0.2, 0.25) is 0 Å². The molecule has 100 valence electrons. The van der Waals surface area contributed by atoms with Crippen molar-refractivity contribution in [3.05, 3.63) is 52.5 Å². The molecule has 2 rings (SSSR count). The first-order valence-corrected chi connectivity index (χ1v) is 6.94. The molecule has 2 heterocycles. The molecule has 0 saturated heterocycles. The molecule has 1 N–H and O–H groups in total. The van der Waals surface area contributed by atoms with Crippen molar-refractivity contribution in [1.29, 1.82) is 0 Å². The van der Waals surface area contributed by atoms with E-state index in [1.165, 1.54) is 11.3 Å². The summed E-state index contributed by atoms with van der Waals surface area (Å²) in [5, 5.41) is 4.87. The number of amides is 1. The van der Waals surface area contributed by atoms with Crippen LogP contribution in [0.3, 0.4) is 0 Å². The second-order valence-electron chi connectivity index (χ2n) is 4.45. The van der Waals surface area contributed by atoms with Crippen molar-refractivity contribution >= 4 is 17.2 Å². The molecule has 0 fully saturated rings. The number of nitrogens with one attached hydrogen (secondary N) is 1. The summed E-state index contributed by atoms with van der Waals surface area (Å²) in [5.41, 5.74) is 1.10. The predicted octanol–water partition coefficient (Wildman–Crippen LogP) is 2.18. The third-order valence-electron chi connectivity index (χ3n) is 2.89. The second-order valence-corrected chi connectivity index (χ2v) is 5.40. The Balaban J connectivity index is 2.01. The van der Waals surface area contributed by atoms with Crippen LogP contribution in [0.1, 0.15) is 21.3 Å². The molecule has 5 heteroatoms. The van der Waals surface area contributed by atoms with E-state index in [2.05, 4.69) is 15.2 Å². The lowest BCUT2D eigenvalue weighted by Gasteiger charge is -2.24. The Labute approximate surface area is 117 Å². The van der Waals surface area contributed by atoms with Crippen LogP contribution in [0.5, 0.6) is 0 Å². The number of aromatic nitrogens is 1. The van der Waals surface area contributed by atoms with Crippen molar-refractivity contribution in [2.45, 2.75) is 6.04 Å². The minimum Gasteiger partial charge on any atom is -0.349 e. The van der Waals surface area contributed by atoms with Crippen molar-refractivity contribution in [2.24, 2.45) is 0 Å². The Hall–Kier alpha value is -1.72. The van der Waals surface area contributed by atoms with E-state index in [-0.39, 0.29) is 11.9 Å². The zero-order valence-electron chi connectivity index (χ0n) is 11.0. The van der Waals surface area contributed by atoms with Gasteiger partial charge in [-0.25, -0.2) is 0 Å². The number of hydrogen-bond donors (Lipinski definition) is 1. The number of hydrogen-bond acceptors (Lipinski definition) is 4. The molecular formula is C14H17N3OS. The Morgan fingerprint density at radius 2 is 2.26 bits per heavy atom. The third kappa shape index (κ3) is 3.62. The molecule has 0 aromatic carbocycles. The van der Waals surface area contributed by atoms with Gasteiger partial charge in [-0.15, -0.1) is 11.3 Å². The maximum absolute atomic E-state index is 11.9. The quantitative estimate of drug-likeness (QED) is 0.909. The molecule has 0 aliphatic rings. The van der Waals surface area contributed by atoms with Crippen LogP contribution in [0.4, 0.5) is 0 Å². The largest absolute Gasteiger partial charge is 0.349 e. The lowest BCUT2D eigenvalue weighted by Crippen LogP contribution is -2.34. The Bertz CT molecular complexity index is 511. The summed E-state index contributed by atoms with van der Waals surface area (Å²) in [6.07, 6.45) is 3.59. The summed E-state index contributed by atoms with van der Waals surface area (Å²) >= 11 is 1.45. The van der Waals surface area contributed by atoms with Crippen molar-refractivity contribution in [3.63, 3.8) is 0 Å². The topological polar surface area (TPSA) is 45.2 Å². The van der Waals surface area contributed by atoms with E-state index in [1.54, 1.807) is 6.20 Å². The lowest BCUT2D eigenvalue weighted by atomic mass is 10.1. The number of thiophene rings is 1. The van der Waals surface area contributed by atoms with E-state index in [4.69, 9.17) is 0 Å². The number of rotatable bonds is 5. The van der Waals surface area contributed by atoms with Gasteiger partial charge < -0.3 is 10.2 Å². The van der Waals surface area contributed by atoms with Crippen LogP contribution in [0.25, 0.3) is 0 Å². The number of carbonyl (C=O) groups excluding carboxylic acids is 1. The van der Waals surface area contributed by atoms with Crippen molar-refractivity contribution < 1.29 is 4.79 Å². The van der Waals surface area contributed by atoms with Gasteiger partial charge in [0.05, 0.1) is 10.9 Å². The SMILES string of the molecule is CN(C)[C@H](CNC(=O)c1cccs1)c1cccnc1. The van der Waals surface area contributed by atoms with Crippen LogP contribution in [0, 0.1) is 0 Å². The first kappa shape index (κ1) is 13.7. The lowest BCUT2D eigenvalue weighted by molar-refractivity contribution is 0.0946. The minimum atomic E-state index is -0.0225. The summed E-state index contributed by atoms with van der Waals surface area (Å²) in [4.78, 5) is 18.9. The highest BCUT2D eigenvalue weighted by Crippen LogP contribution is 2.16. The molecule has 0 aliphatic carbocycles. The van der Waals surface area contributed by atoms with Gasteiger partial charge in [-0.3, -0.25) is 9.78 Å². The predicted molar refractivity (Wildman–Crippen MR) is 77.3 cm³/mol. The van der Waals surface area contributed by atoms with Gasteiger partial charge in [0.1, 0.15) is 0 Å². The number of carbonyl (C=O) groups is 1. The van der Waals surface area contributed by atoms with Gasteiger partial charge in [0, 0.05) is 18.9 Å². The maximum Gasteiger partial charge on any atom is 0.261 e. The zero-order chi connectivity index (χ0) is 13.7. The molecule has 0 aliphatic heterocycles. The van der Waals surface area contributed by atoms with Gasteiger partial charge in [-0.2, -0.15) is 0 Å². The molecule has 2 aromatic heterocycles. The number of likely N-dealkylation sites (N-methyl/N-ethyl adjacent to an activating group) is 1. The van der Waals surface area contributed by atoms with Crippen molar-refractivity contribution in [3.8, 4) is 0 Å². The molecule has 0 radical (unpaired) electrons. The van der Waals surface area contributed by atoms with E-state index in [0.717, 1.165) is 10.4 Å². The Morgan fingerprint density at radius 1 is 1.42 bits per heavy atom. The van der Waals surface area contributed by atoms with Crippen LogP contribution in [0.15, 0.2) is 42.0 Å². The second kappa shape index (κ2) is 6.45. The molecule has 0 saturated carbocycles. The van der Waals surface area contributed by atoms with Crippen molar-refractivity contribution in [2.75, 3.05) is 20.6 Å². The molecule has 1 atom stereocenters. The summed E-state index contributed by atoms with van der Waals surface area (Å²) in [6.45, 7) is 0.565. The average molecular weight is 275 g/mol. The molecule has 2 aromatic rings. The molecule has 4 nitrogen and oxygen atoms in total. The van der Waals surface area contributed by atoms with Gasteiger partial charge in [0.2, 0.25) is 0 Å². The first-order valence-electron chi connectivity index (χ1n) is 6.06. The fraction of sp³-hybridized carbons (Fsp3) is 0.286. The van der Waals surface area contributed by atoms with Gasteiger partial charge in [-0.1, -0.05) is 12.1 Å². The fourth-order valence-corrected chi connectivity index (χ4v) is 2.50. The standard InChI is InChI=1S/C14H17N3OS/c1-17(2)12(11-5-3-7-15-9-11)10-16-14(18)13-6-4-8-19-13/h3-9,12H,10H2,1-2H3,(H,16,18)/t12-/m1/s1. The van der Waals surface area contributed by atoms with Gasteiger partial charge in [0.15, 0.2) is 0 Å². The van der Waals surface area contributed by atoms with Crippen LogP contribution in [-0.2, 0) is 0 Å². The van der Waals surface area contributed by atoms with Gasteiger partial charge in [-0.05, 0) is 37.2 Å². The van der Waals surface area contributed by atoms with E-state index in [0.29, 0.717) is 6.54 Å². The van der Waals surface area contributed by atoms with E-state index < -0.39 is 0 Å². The maximum atomic E-state index is 11.9. The normalized spacial score (nSPS) is 12.4. The molecule has 19 heavy (non-hydrogen) atoms. The van der Waals surface area contributed by atoms with Crippen LogP contribution in [-0.4, -0.2) is 36.4 Å². The van der Waals surface area contributed by atoms with E-state index in [1.807, 2.05) is 49.9 Å². The summed E-state index contributed by atoms with van der Waals surface area (Å²) in [5.74, 6) is -0.0225. The number of pyridine rings is 1. The summed E-state index contributed by atoms with van der Waals surface area (Å²) < 4.78 is 0. The third-order valence-corrected chi connectivity index (χ3v) is 3.76. The number of nitrogens with zero attached hydrogens (tertiary/aromatic N) is 2. The molecule has 0 spiro atoms. The molecule has 0 bridgehead atoms. The first-order chi connectivity index (χ1) is 9.18. The average Bonchev–Trinajstić information content (AvgIpc) is 2.93. The zero-order valence-corrected chi connectivity index (χ0v) is 11.9. The minimum absolute atomic E-state index is 0.0225.